The van der Waals surface area contributed by atoms with E-state index in [0.29, 0.717) is 23.9 Å². The Morgan fingerprint density at radius 2 is 1.72 bits per heavy atom. The van der Waals surface area contributed by atoms with Gasteiger partial charge in [0.15, 0.2) is 11.5 Å². The van der Waals surface area contributed by atoms with Gasteiger partial charge in [0.2, 0.25) is 5.91 Å². The quantitative estimate of drug-likeness (QED) is 0.339. The molecular weight excluding hydrogens is 420 g/mol. The van der Waals surface area contributed by atoms with E-state index in [4.69, 9.17) is 9.47 Å². The van der Waals surface area contributed by atoms with Gasteiger partial charge in [-0.05, 0) is 48.7 Å². The molecule has 0 aromatic heterocycles. The molecule has 166 valence electrons. The van der Waals surface area contributed by atoms with Crippen LogP contribution in [0.2, 0.25) is 0 Å². The van der Waals surface area contributed by atoms with Crippen LogP contribution in [0.4, 0.5) is 0 Å². The van der Waals surface area contributed by atoms with Crippen molar-refractivity contribution in [2.24, 2.45) is 5.10 Å². The number of nitrogens with zero attached hydrogens (tertiary/aromatic N) is 1. The summed E-state index contributed by atoms with van der Waals surface area (Å²) >= 11 is 1.57. The zero-order valence-corrected chi connectivity index (χ0v) is 19.4. The fourth-order valence-corrected chi connectivity index (χ4v) is 4.00. The highest BCUT2D eigenvalue weighted by atomic mass is 32.2. The summed E-state index contributed by atoms with van der Waals surface area (Å²) < 4.78 is 11.3. The number of ether oxygens (including phenoxy) is 2. The summed E-state index contributed by atoms with van der Waals surface area (Å²) in [6.45, 7) is 4.62. The van der Waals surface area contributed by atoms with E-state index in [9.17, 15) is 4.79 Å². The Hall–Kier alpha value is -3.25. The van der Waals surface area contributed by atoms with Gasteiger partial charge in [0.25, 0.3) is 0 Å². The zero-order chi connectivity index (χ0) is 22.8. The van der Waals surface area contributed by atoms with Crippen LogP contribution in [0.1, 0.15) is 27.8 Å². The van der Waals surface area contributed by atoms with Gasteiger partial charge < -0.3 is 9.47 Å². The third-order valence-corrected chi connectivity index (χ3v) is 5.61. The average Bonchev–Trinajstić information content (AvgIpc) is 2.78. The number of hydrazone groups is 1. The van der Waals surface area contributed by atoms with Gasteiger partial charge in [0.1, 0.15) is 6.61 Å². The number of hydrogen-bond donors (Lipinski definition) is 1. The van der Waals surface area contributed by atoms with Crippen molar-refractivity contribution in [2.45, 2.75) is 26.2 Å². The standard InChI is InChI=1S/C26H28N2O3S/c1-19-11-20(2)13-23(12-19)17-32-18-26(29)28-27-15-22-9-10-24(25(14-22)30-3)31-16-21-7-5-4-6-8-21/h4-15H,16-18H2,1-3H3,(H,28,29)/b27-15-. The van der Waals surface area contributed by atoms with Gasteiger partial charge in [0, 0.05) is 5.75 Å². The van der Waals surface area contributed by atoms with Crippen molar-refractivity contribution in [1.29, 1.82) is 0 Å². The highest BCUT2D eigenvalue weighted by molar-refractivity contribution is 7.99. The van der Waals surface area contributed by atoms with Crippen LogP contribution in [0.3, 0.4) is 0 Å². The highest BCUT2D eigenvalue weighted by Crippen LogP contribution is 2.28. The first-order chi connectivity index (χ1) is 15.5. The molecule has 32 heavy (non-hydrogen) atoms. The van der Waals surface area contributed by atoms with Crippen LogP contribution in [0, 0.1) is 13.8 Å². The number of benzene rings is 3. The SMILES string of the molecule is COc1cc(/C=N\NC(=O)CSCc2cc(C)cc(C)c2)ccc1OCc1ccccc1. The molecule has 3 rings (SSSR count). The van der Waals surface area contributed by atoms with Crippen LogP contribution in [0.5, 0.6) is 11.5 Å². The van der Waals surface area contributed by atoms with Gasteiger partial charge in [-0.15, -0.1) is 11.8 Å². The summed E-state index contributed by atoms with van der Waals surface area (Å²) in [5, 5.41) is 4.06. The molecule has 0 radical (unpaired) electrons. The number of rotatable bonds is 10. The first-order valence-corrected chi connectivity index (χ1v) is 11.5. The molecule has 5 nitrogen and oxygen atoms in total. The lowest BCUT2D eigenvalue weighted by molar-refractivity contribution is -0.118. The van der Waals surface area contributed by atoms with E-state index in [1.165, 1.54) is 16.7 Å². The smallest absolute Gasteiger partial charge is 0.250 e. The zero-order valence-electron chi connectivity index (χ0n) is 18.6. The molecule has 0 aliphatic carbocycles. The molecule has 0 fully saturated rings. The molecule has 0 unspecified atom stereocenters. The molecular formula is C26H28N2O3S. The minimum atomic E-state index is -0.134. The summed E-state index contributed by atoms with van der Waals surface area (Å²) in [6.07, 6.45) is 1.59. The Kier molecular flexibility index (Phi) is 8.75. The largest absolute Gasteiger partial charge is 0.493 e. The summed E-state index contributed by atoms with van der Waals surface area (Å²) in [4.78, 5) is 12.1. The van der Waals surface area contributed by atoms with Gasteiger partial charge in [0.05, 0.1) is 19.1 Å². The number of nitrogens with one attached hydrogen (secondary N) is 1. The summed E-state index contributed by atoms with van der Waals surface area (Å²) in [5.41, 5.74) is 8.16. The molecule has 0 atom stereocenters. The number of carbonyl (C=O) groups is 1. The Morgan fingerprint density at radius 3 is 2.44 bits per heavy atom. The Balaban J connectivity index is 1.47. The molecule has 0 aliphatic rings. The van der Waals surface area contributed by atoms with Crippen LogP contribution < -0.4 is 14.9 Å². The number of thioether (sulfide) groups is 1. The van der Waals surface area contributed by atoms with Crippen molar-refractivity contribution in [2.75, 3.05) is 12.9 Å². The fraction of sp³-hybridized carbons (Fsp3) is 0.231. The molecule has 1 N–H and O–H groups in total. The Bertz CT molecular complexity index is 1050. The molecule has 0 spiro atoms. The van der Waals surface area contributed by atoms with E-state index < -0.39 is 0 Å². The van der Waals surface area contributed by atoms with Crippen molar-refractivity contribution in [3.05, 3.63) is 94.5 Å². The normalized spacial score (nSPS) is 10.8. The maximum atomic E-state index is 12.1. The average molecular weight is 449 g/mol. The second kappa shape index (κ2) is 12.0. The van der Waals surface area contributed by atoms with E-state index in [-0.39, 0.29) is 5.91 Å². The lowest BCUT2D eigenvalue weighted by Crippen LogP contribution is -2.19. The molecule has 3 aromatic rings. The van der Waals surface area contributed by atoms with Crippen LogP contribution in [0.25, 0.3) is 0 Å². The van der Waals surface area contributed by atoms with Crippen LogP contribution in [-0.4, -0.2) is 25.0 Å². The lowest BCUT2D eigenvalue weighted by Gasteiger charge is -2.11. The Morgan fingerprint density at radius 1 is 0.969 bits per heavy atom. The predicted molar refractivity (Wildman–Crippen MR) is 132 cm³/mol. The van der Waals surface area contributed by atoms with Crippen molar-refractivity contribution in [3.63, 3.8) is 0 Å². The second-order valence-corrected chi connectivity index (χ2v) is 8.45. The van der Waals surface area contributed by atoms with Gasteiger partial charge in [-0.2, -0.15) is 5.10 Å². The molecule has 0 saturated carbocycles. The van der Waals surface area contributed by atoms with Crippen molar-refractivity contribution < 1.29 is 14.3 Å². The van der Waals surface area contributed by atoms with Gasteiger partial charge >= 0.3 is 0 Å². The number of aryl methyl sites for hydroxylation is 2. The lowest BCUT2D eigenvalue weighted by atomic mass is 10.1. The van der Waals surface area contributed by atoms with Crippen molar-refractivity contribution in [1.82, 2.24) is 5.43 Å². The van der Waals surface area contributed by atoms with Crippen LogP contribution in [-0.2, 0) is 17.2 Å². The fourth-order valence-electron chi connectivity index (χ4n) is 3.24. The molecule has 3 aromatic carbocycles. The first kappa shape index (κ1) is 23.4. The first-order valence-electron chi connectivity index (χ1n) is 10.3. The van der Waals surface area contributed by atoms with E-state index in [2.05, 4.69) is 42.6 Å². The summed E-state index contributed by atoms with van der Waals surface area (Å²) in [7, 11) is 1.60. The van der Waals surface area contributed by atoms with E-state index in [0.717, 1.165) is 16.9 Å². The van der Waals surface area contributed by atoms with E-state index in [1.54, 1.807) is 25.1 Å². The molecule has 0 saturated heterocycles. The molecule has 0 heterocycles. The third-order valence-electron chi connectivity index (χ3n) is 4.61. The number of hydrogen-bond acceptors (Lipinski definition) is 5. The maximum Gasteiger partial charge on any atom is 0.250 e. The van der Waals surface area contributed by atoms with E-state index in [1.807, 2.05) is 48.5 Å². The highest BCUT2D eigenvalue weighted by Gasteiger charge is 2.06. The Labute approximate surface area is 193 Å². The predicted octanol–water partition coefficient (Wildman–Crippen LogP) is 5.27. The van der Waals surface area contributed by atoms with Crippen molar-refractivity contribution in [3.8, 4) is 11.5 Å². The number of methoxy groups -OCH3 is 1. The monoisotopic (exact) mass is 448 g/mol. The van der Waals surface area contributed by atoms with Gasteiger partial charge in [-0.1, -0.05) is 59.7 Å². The molecule has 0 bridgehead atoms. The summed E-state index contributed by atoms with van der Waals surface area (Å²) in [6, 6.07) is 21.9. The minimum Gasteiger partial charge on any atom is -0.493 e. The topological polar surface area (TPSA) is 59.9 Å². The number of carbonyl (C=O) groups excluding carboxylic acids is 1. The number of amides is 1. The van der Waals surface area contributed by atoms with Gasteiger partial charge in [-0.25, -0.2) is 5.43 Å². The minimum absolute atomic E-state index is 0.134. The maximum absolute atomic E-state index is 12.1. The van der Waals surface area contributed by atoms with Crippen LogP contribution in [0.15, 0.2) is 71.8 Å². The molecule has 6 heteroatoms. The van der Waals surface area contributed by atoms with Crippen molar-refractivity contribution >= 4 is 23.9 Å². The molecule has 0 aliphatic heterocycles. The second-order valence-electron chi connectivity index (χ2n) is 7.47. The molecule has 1 amide bonds. The van der Waals surface area contributed by atoms with Crippen LogP contribution >= 0.6 is 11.8 Å². The van der Waals surface area contributed by atoms with Gasteiger partial charge in [-0.3, -0.25) is 4.79 Å². The van der Waals surface area contributed by atoms with E-state index >= 15 is 0 Å². The third kappa shape index (κ3) is 7.46. The summed E-state index contributed by atoms with van der Waals surface area (Å²) in [5.74, 6) is 2.27.